The Morgan fingerprint density at radius 1 is 0.764 bits per heavy atom. The van der Waals surface area contributed by atoms with Crippen molar-refractivity contribution in [1.82, 2.24) is 9.80 Å². The predicted octanol–water partition coefficient (Wildman–Crippen LogP) is 6.68. The van der Waals surface area contributed by atoms with E-state index in [0.29, 0.717) is 11.8 Å². The number of carbonyl (C=O) groups is 4. The third-order valence-corrected chi connectivity index (χ3v) is 10.9. The molecule has 1 aliphatic heterocycles. The van der Waals surface area contributed by atoms with E-state index in [-0.39, 0.29) is 6.10 Å². The third kappa shape index (κ3) is 12.7. The van der Waals surface area contributed by atoms with Gasteiger partial charge in [0.15, 0.2) is 0 Å². The van der Waals surface area contributed by atoms with Crippen LogP contribution in [0.2, 0.25) is 0 Å². The number of likely N-dealkylation sites (N-methyl/N-ethyl adjacent to an activating group) is 1. The number of fused-ring (bicyclic) bond motifs is 1. The van der Waals surface area contributed by atoms with Crippen LogP contribution in [-0.4, -0.2) is 111 Å². The second-order valence-corrected chi connectivity index (χ2v) is 14.3. The van der Waals surface area contributed by atoms with Crippen LogP contribution in [0.25, 0.3) is 20.5 Å². The van der Waals surface area contributed by atoms with Crippen molar-refractivity contribution in [2.45, 2.75) is 70.9 Å². The molecule has 0 spiro atoms. The molecule has 6 rings (SSSR count). The fourth-order valence-corrected chi connectivity index (χ4v) is 8.20. The number of phenolic OH excluding ortho intramolecular Hbond substituents is 1. The van der Waals surface area contributed by atoms with Crippen LogP contribution in [-0.2, 0) is 25.6 Å². The minimum absolute atomic E-state index is 0.256. The summed E-state index contributed by atoms with van der Waals surface area (Å²) in [7, 11) is 0. The van der Waals surface area contributed by atoms with E-state index in [1.54, 1.807) is 17.4 Å². The summed E-state index contributed by atoms with van der Waals surface area (Å²) in [6.07, 6.45) is 8.58. The Bertz CT molecular complexity index is 1820. The summed E-state index contributed by atoms with van der Waals surface area (Å²) in [5.41, 5.74) is 3.74. The fourth-order valence-electron chi connectivity index (χ4n) is 6.94. The number of benzene rings is 3. The molecule has 5 N–H and O–H groups in total. The van der Waals surface area contributed by atoms with Gasteiger partial charge < -0.3 is 35.0 Å². The highest BCUT2D eigenvalue weighted by Gasteiger charge is 2.30. The molecule has 4 aromatic rings. The van der Waals surface area contributed by atoms with Gasteiger partial charge in [-0.3, -0.25) is 9.80 Å². The Kier molecular flexibility index (Phi) is 16.3. The number of carboxylic acids is 4. The topological polar surface area (TPSA) is 194 Å². The monoisotopic (exact) mass is 778 g/mol. The molecule has 2 heterocycles. The Labute approximate surface area is 324 Å². The van der Waals surface area contributed by atoms with Crippen molar-refractivity contribution in [3.05, 3.63) is 77.9 Å². The number of aliphatic carboxylic acids is 4. The summed E-state index contributed by atoms with van der Waals surface area (Å²) in [6, 6.07) is 23.5. The van der Waals surface area contributed by atoms with Gasteiger partial charge in [-0.2, -0.15) is 0 Å². The van der Waals surface area contributed by atoms with Crippen LogP contribution < -0.4 is 9.47 Å². The van der Waals surface area contributed by atoms with E-state index in [0.717, 1.165) is 55.3 Å². The summed E-state index contributed by atoms with van der Waals surface area (Å²) in [6.45, 7) is 10.8. The lowest BCUT2D eigenvalue weighted by Crippen LogP contribution is -2.47. The Morgan fingerprint density at radius 2 is 1.35 bits per heavy atom. The highest BCUT2D eigenvalue weighted by atomic mass is 32.1. The van der Waals surface area contributed by atoms with Gasteiger partial charge in [-0.15, -0.1) is 11.3 Å². The van der Waals surface area contributed by atoms with E-state index >= 15 is 0 Å². The second kappa shape index (κ2) is 21.1. The van der Waals surface area contributed by atoms with Crippen LogP contribution in [0.4, 0.5) is 0 Å². The lowest BCUT2D eigenvalue weighted by Gasteiger charge is -2.39. The number of ether oxygens (including phenoxy) is 2. The molecular formula is C41H50N2O11S. The van der Waals surface area contributed by atoms with Crippen molar-refractivity contribution in [3.63, 3.8) is 0 Å². The van der Waals surface area contributed by atoms with E-state index in [9.17, 15) is 5.11 Å². The van der Waals surface area contributed by atoms with Crippen molar-refractivity contribution < 1.29 is 54.2 Å². The van der Waals surface area contributed by atoms with Gasteiger partial charge in [-0.25, -0.2) is 19.2 Å². The standard InChI is InChI=1S/C37H46N2O3S.2C2H2O4/c1-3-39(4-2)34-9-5-6-10-35(34)42-31-16-11-27(12-17-31)25-33-32-20-15-29(40)26-36(32)43-37(33)28-13-18-30(19-14-28)41-24-23-38-21-7-8-22-38;2*3-1(4)2(5)6/h11-20,26,34-35,40H,3-10,21-25H2,1-2H3;2*(H,3,4)(H,5,6)/t34-,35-;;/m1../s1. The van der Waals surface area contributed by atoms with Crippen LogP contribution in [0.5, 0.6) is 17.2 Å². The summed E-state index contributed by atoms with van der Waals surface area (Å²) >= 11 is 1.75. The van der Waals surface area contributed by atoms with Gasteiger partial charge in [-0.1, -0.05) is 32.4 Å². The first-order valence-electron chi connectivity index (χ1n) is 18.5. The van der Waals surface area contributed by atoms with E-state index in [4.69, 9.17) is 49.1 Å². The Balaban J connectivity index is 0.000000488. The molecule has 296 valence electrons. The van der Waals surface area contributed by atoms with Gasteiger partial charge in [-0.05, 0) is 141 Å². The average molecular weight is 779 g/mol. The zero-order chi connectivity index (χ0) is 39.9. The molecule has 2 aliphatic rings. The zero-order valence-corrected chi connectivity index (χ0v) is 32.0. The smallest absolute Gasteiger partial charge is 0.414 e. The second-order valence-electron chi connectivity index (χ2n) is 13.3. The number of rotatable bonds is 12. The van der Waals surface area contributed by atoms with Crippen molar-refractivity contribution >= 4 is 45.3 Å². The number of phenols is 1. The van der Waals surface area contributed by atoms with Gasteiger partial charge in [0.05, 0.1) is 0 Å². The SMILES string of the molecule is CCN(CC)[C@@H]1CCCC[C@H]1Oc1ccc(Cc2c(-c3ccc(OCCN4CCCC4)cc3)sc3cc(O)ccc23)cc1.O=C(O)C(=O)O.O=C(O)C(=O)O. The summed E-state index contributed by atoms with van der Waals surface area (Å²) in [5.74, 6) is -5.11. The van der Waals surface area contributed by atoms with Crippen molar-refractivity contribution in [1.29, 1.82) is 0 Å². The quantitative estimate of drug-likeness (QED) is 0.0957. The molecule has 0 amide bonds. The van der Waals surface area contributed by atoms with Crippen LogP contribution in [0.3, 0.4) is 0 Å². The van der Waals surface area contributed by atoms with Crippen LogP contribution in [0.15, 0.2) is 66.7 Å². The van der Waals surface area contributed by atoms with Gasteiger partial charge in [0.1, 0.15) is 30.0 Å². The molecule has 3 aromatic carbocycles. The van der Waals surface area contributed by atoms with Crippen LogP contribution in [0.1, 0.15) is 63.5 Å². The fraction of sp³-hybridized carbons (Fsp3) is 0.415. The van der Waals surface area contributed by atoms with E-state index in [2.05, 4.69) is 78.2 Å². The van der Waals surface area contributed by atoms with Gasteiger partial charge >= 0.3 is 23.9 Å². The predicted molar refractivity (Wildman–Crippen MR) is 209 cm³/mol. The Morgan fingerprint density at radius 3 is 1.93 bits per heavy atom. The maximum Gasteiger partial charge on any atom is 0.414 e. The highest BCUT2D eigenvalue weighted by Crippen LogP contribution is 2.41. The van der Waals surface area contributed by atoms with Crippen LogP contribution in [0, 0.1) is 0 Å². The average Bonchev–Trinajstić information content (AvgIpc) is 3.82. The zero-order valence-electron chi connectivity index (χ0n) is 31.2. The van der Waals surface area contributed by atoms with Crippen molar-refractivity contribution in [3.8, 4) is 27.7 Å². The molecule has 2 atom stereocenters. The molecule has 13 nitrogen and oxygen atoms in total. The maximum atomic E-state index is 10.2. The lowest BCUT2D eigenvalue weighted by molar-refractivity contribution is -0.159. The molecular weight excluding hydrogens is 729 g/mol. The molecule has 1 saturated carbocycles. The number of hydrogen-bond acceptors (Lipinski definition) is 10. The maximum absolute atomic E-state index is 10.2. The Hall–Kier alpha value is -5.18. The molecule has 0 bridgehead atoms. The van der Waals surface area contributed by atoms with E-state index in [1.807, 2.05) is 6.07 Å². The molecule has 0 unspecified atom stereocenters. The minimum atomic E-state index is -1.82. The molecule has 1 aromatic heterocycles. The molecule has 14 heteroatoms. The molecule has 2 fully saturated rings. The van der Waals surface area contributed by atoms with Gasteiger partial charge in [0.25, 0.3) is 0 Å². The number of likely N-dealkylation sites (tertiary alicyclic amines) is 1. The van der Waals surface area contributed by atoms with Gasteiger partial charge in [0, 0.05) is 22.2 Å². The normalized spacial score (nSPS) is 16.7. The molecule has 0 radical (unpaired) electrons. The first-order valence-corrected chi connectivity index (χ1v) is 19.3. The first kappa shape index (κ1) is 42.6. The molecule has 1 aliphatic carbocycles. The largest absolute Gasteiger partial charge is 0.508 e. The van der Waals surface area contributed by atoms with Crippen molar-refractivity contribution in [2.75, 3.05) is 39.3 Å². The summed E-state index contributed by atoms with van der Waals surface area (Å²) < 4.78 is 13.8. The minimum Gasteiger partial charge on any atom is -0.508 e. The number of aromatic hydroxyl groups is 1. The van der Waals surface area contributed by atoms with Crippen LogP contribution >= 0.6 is 11.3 Å². The molecule has 1 saturated heterocycles. The number of thiophene rings is 1. The van der Waals surface area contributed by atoms with E-state index in [1.165, 1.54) is 72.1 Å². The number of carboxylic acid groups (broad SMARTS) is 4. The highest BCUT2D eigenvalue weighted by molar-refractivity contribution is 7.22. The lowest BCUT2D eigenvalue weighted by atomic mass is 9.91. The number of hydrogen-bond donors (Lipinski definition) is 5. The van der Waals surface area contributed by atoms with Gasteiger partial charge in [0.2, 0.25) is 0 Å². The van der Waals surface area contributed by atoms with E-state index < -0.39 is 23.9 Å². The number of nitrogens with zero attached hydrogens (tertiary/aromatic N) is 2. The summed E-state index contributed by atoms with van der Waals surface area (Å²) in [5, 5.41) is 41.0. The molecule has 55 heavy (non-hydrogen) atoms. The summed E-state index contributed by atoms with van der Waals surface area (Å²) in [4.78, 5) is 42.7. The third-order valence-electron chi connectivity index (χ3n) is 9.67. The van der Waals surface area contributed by atoms with Crippen molar-refractivity contribution in [2.24, 2.45) is 0 Å². The first-order chi connectivity index (χ1) is 26.4.